The summed E-state index contributed by atoms with van der Waals surface area (Å²) >= 11 is 0. The molecule has 0 aliphatic carbocycles. The molecule has 1 N–H and O–H groups in total. The van der Waals surface area contributed by atoms with Crippen molar-refractivity contribution in [1.82, 2.24) is 10.2 Å². The van der Waals surface area contributed by atoms with Crippen molar-refractivity contribution in [1.29, 1.82) is 0 Å². The Bertz CT molecular complexity index is 222. The second kappa shape index (κ2) is 5.35. The molecule has 0 aromatic heterocycles. The Labute approximate surface area is 78.6 Å². The molecule has 0 spiro atoms. The van der Waals surface area contributed by atoms with Crippen LogP contribution in [0.1, 0.15) is 13.3 Å². The zero-order valence-electron chi connectivity index (χ0n) is 8.39. The van der Waals surface area contributed by atoms with Gasteiger partial charge in [0, 0.05) is 32.6 Å². The van der Waals surface area contributed by atoms with Gasteiger partial charge in [0.15, 0.2) is 0 Å². The molecule has 0 aromatic carbocycles. The van der Waals surface area contributed by atoms with Gasteiger partial charge >= 0.3 is 0 Å². The van der Waals surface area contributed by atoms with Crippen molar-refractivity contribution in [2.75, 3.05) is 20.6 Å². The summed E-state index contributed by atoms with van der Waals surface area (Å²) in [5.74, 6) is -0.200. The summed E-state index contributed by atoms with van der Waals surface area (Å²) in [5.41, 5.74) is 0.456. The van der Waals surface area contributed by atoms with Crippen molar-refractivity contribution < 1.29 is 9.59 Å². The predicted octanol–water partition coefficient (Wildman–Crippen LogP) is 0.157. The molecule has 0 atom stereocenters. The van der Waals surface area contributed by atoms with Gasteiger partial charge in [-0.25, -0.2) is 0 Å². The maximum atomic E-state index is 11.0. The minimum atomic E-state index is -0.202. The second-order valence-electron chi connectivity index (χ2n) is 3.07. The lowest BCUT2D eigenvalue weighted by Crippen LogP contribution is -2.30. The van der Waals surface area contributed by atoms with Gasteiger partial charge < -0.3 is 10.2 Å². The molecule has 0 aliphatic heterocycles. The third kappa shape index (κ3) is 5.00. The number of nitrogens with zero attached hydrogens (tertiary/aromatic N) is 1. The lowest BCUT2D eigenvalue weighted by Gasteiger charge is -2.10. The molecule has 0 saturated carbocycles. The minimum absolute atomic E-state index is 0.00187. The summed E-state index contributed by atoms with van der Waals surface area (Å²) in [5, 5.41) is 2.58. The van der Waals surface area contributed by atoms with Gasteiger partial charge in [0.2, 0.25) is 11.8 Å². The monoisotopic (exact) mass is 184 g/mol. The van der Waals surface area contributed by atoms with E-state index in [0.717, 1.165) is 0 Å². The lowest BCUT2D eigenvalue weighted by atomic mass is 10.3. The zero-order chi connectivity index (χ0) is 10.4. The maximum Gasteiger partial charge on any atom is 0.246 e. The second-order valence-corrected chi connectivity index (χ2v) is 3.07. The fourth-order valence-corrected chi connectivity index (χ4v) is 0.657. The number of rotatable bonds is 4. The van der Waals surface area contributed by atoms with Crippen LogP contribution in [-0.2, 0) is 9.59 Å². The van der Waals surface area contributed by atoms with Gasteiger partial charge in [-0.3, -0.25) is 9.59 Å². The Hall–Kier alpha value is -1.32. The Kier molecular flexibility index (Phi) is 4.80. The molecule has 0 rings (SSSR count). The topological polar surface area (TPSA) is 49.4 Å². The van der Waals surface area contributed by atoms with Gasteiger partial charge in [-0.15, -0.1) is 0 Å². The highest BCUT2D eigenvalue weighted by Crippen LogP contribution is 1.88. The van der Waals surface area contributed by atoms with Crippen LogP contribution in [-0.4, -0.2) is 37.4 Å². The van der Waals surface area contributed by atoms with Crippen LogP contribution in [0, 0.1) is 0 Å². The summed E-state index contributed by atoms with van der Waals surface area (Å²) in [6.07, 6.45) is 0.325. The summed E-state index contributed by atoms with van der Waals surface area (Å²) in [4.78, 5) is 23.5. The number of hydrogen-bond donors (Lipinski definition) is 1. The molecule has 2 amide bonds. The smallest absolute Gasteiger partial charge is 0.246 e. The molecule has 13 heavy (non-hydrogen) atoms. The van der Waals surface area contributed by atoms with Gasteiger partial charge in [0.25, 0.3) is 0 Å². The van der Waals surface area contributed by atoms with E-state index in [2.05, 4.69) is 11.9 Å². The zero-order valence-corrected chi connectivity index (χ0v) is 8.39. The first kappa shape index (κ1) is 11.7. The van der Waals surface area contributed by atoms with Crippen LogP contribution < -0.4 is 5.32 Å². The van der Waals surface area contributed by atoms with Crippen molar-refractivity contribution in [3.8, 4) is 0 Å². The SMILES string of the molecule is C=C(C)C(=O)NCCC(=O)N(C)C. The number of amides is 2. The molecule has 0 heterocycles. The average molecular weight is 184 g/mol. The van der Waals surface area contributed by atoms with E-state index in [0.29, 0.717) is 18.5 Å². The molecule has 4 nitrogen and oxygen atoms in total. The first-order chi connectivity index (χ1) is 5.95. The quantitative estimate of drug-likeness (QED) is 0.633. The Morgan fingerprint density at radius 2 is 1.92 bits per heavy atom. The van der Waals surface area contributed by atoms with Gasteiger partial charge in [-0.1, -0.05) is 6.58 Å². The van der Waals surface area contributed by atoms with E-state index in [-0.39, 0.29) is 11.8 Å². The van der Waals surface area contributed by atoms with E-state index in [1.54, 1.807) is 21.0 Å². The van der Waals surface area contributed by atoms with Crippen molar-refractivity contribution >= 4 is 11.8 Å². The summed E-state index contributed by atoms with van der Waals surface area (Å²) in [7, 11) is 3.37. The fourth-order valence-electron chi connectivity index (χ4n) is 0.657. The van der Waals surface area contributed by atoms with Crippen LogP contribution >= 0.6 is 0 Å². The van der Waals surface area contributed by atoms with Gasteiger partial charge in [0.05, 0.1) is 0 Å². The number of nitrogens with one attached hydrogen (secondary N) is 1. The Morgan fingerprint density at radius 3 is 2.31 bits per heavy atom. The molecule has 0 bridgehead atoms. The predicted molar refractivity (Wildman–Crippen MR) is 51.1 cm³/mol. The normalized spacial score (nSPS) is 9.15. The number of carbonyl (C=O) groups excluding carboxylic acids is 2. The first-order valence-corrected chi connectivity index (χ1v) is 4.09. The summed E-state index contributed by atoms with van der Waals surface area (Å²) < 4.78 is 0. The van der Waals surface area contributed by atoms with Crippen LogP contribution in [0.3, 0.4) is 0 Å². The summed E-state index contributed by atoms with van der Waals surface area (Å²) in [6.45, 7) is 5.47. The molecule has 0 unspecified atom stereocenters. The third-order valence-corrected chi connectivity index (χ3v) is 1.51. The molecule has 4 heteroatoms. The molecule has 0 aliphatic rings. The third-order valence-electron chi connectivity index (χ3n) is 1.51. The minimum Gasteiger partial charge on any atom is -0.352 e. The highest BCUT2D eigenvalue weighted by Gasteiger charge is 2.05. The average Bonchev–Trinajstić information content (AvgIpc) is 2.03. The van der Waals surface area contributed by atoms with Crippen molar-refractivity contribution in [2.24, 2.45) is 0 Å². The first-order valence-electron chi connectivity index (χ1n) is 4.09. The van der Waals surface area contributed by atoms with Gasteiger partial charge in [0.1, 0.15) is 0 Å². The van der Waals surface area contributed by atoms with Crippen LogP contribution in [0.5, 0.6) is 0 Å². The maximum absolute atomic E-state index is 11.0. The molecular weight excluding hydrogens is 168 g/mol. The molecule has 0 saturated heterocycles. The van der Waals surface area contributed by atoms with Crippen LogP contribution in [0.25, 0.3) is 0 Å². The van der Waals surface area contributed by atoms with E-state index < -0.39 is 0 Å². The Morgan fingerprint density at radius 1 is 1.38 bits per heavy atom. The van der Waals surface area contributed by atoms with Crippen molar-refractivity contribution in [3.63, 3.8) is 0 Å². The lowest BCUT2D eigenvalue weighted by molar-refractivity contribution is -0.128. The fraction of sp³-hybridized carbons (Fsp3) is 0.556. The van der Waals surface area contributed by atoms with E-state index in [9.17, 15) is 9.59 Å². The van der Waals surface area contributed by atoms with E-state index in [1.807, 2.05) is 0 Å². The van der Waals surface area contributed by atoms with E-state index >= 15 is 0 Å². The van der Waals surface area contributed by atoms with Gasteiger partial charge in [-0.2, -0.15) is 0 Å². The summed E-state index contributed by atoms with van der Waals surface area (Å²) in [6, 6.07) is 0. The van der Waals surface area contributed by atoms with Crippen LogP contribution in [0.2, 0.25) is 0 Å². The van der Waals surface area contributed by atoms with E-state index in [4.69, 9.17) is 0 Å². The van der Waals surface area contributed by atoms with Gasteiger partial charge in [-0.05, 0) is 6.92 Å². The molecule has 74 valence electrons. The standard InChI is InChI=1S/C9H16N2O2/c1-7(2)9(13)10-6-5-8(12)11(3)4/h1,5-6H2,2-4H3,(H,10,13). The molecule has 0 radical (unpaired) electrons. The van der Waals surface area contributed by atoms with Crippen LogP contribution in [0.4, 0.5) is 0 Å². The van der Waals surface area contributed by atoms with E-state index in [1.165, 1.54) is 4.90 Å². The molecular formula is C9H16N2O2. The largest absolute Gasteiger partial charge is 0.352 e. The van der Waals surface area contributed by atoms with Crippen LogP contribution in [0.15, 0.2) is 12.2 Å². The van der Waals surface area contributed by atoms with Crippen molar-refractivity contribution in [3.05, 3.63) is 12.2 Å². The highest BCUT2D eigenvalue weighted by atomic mass is 16.2. The molecule has 0 aromatic rings. The highest BCUT2D eigenvalue weighted by molar-refractivity contribution is 5.92. The Balaban J connectivity index is 3.63. The molecule has 0 fully saturated rings. The number of hydrogen-bond acceptors (Lipinski definition) is 2. The van der Waals surface area contributed by atoms with Crippen molar-refractivity contribution in [2.45, 2.75) is 13.3 Å². The number of carbonyl (C=O) groups is 2.